The third-order valence-electron chi connectivity index (χ3n) is 3.86. The van der Waals surface area contributed by atoms with Crippen LogP contribution in [0.4, 0.5) is 0 Å². The second-order valence-electron chi connectivity index (χ2n) is 5.11. The van der Waals surface area contributed by atoms with Gasteiger partial charge in [0, 0.05) is 5.39 Å². The van der Waals surface area contributed by atoms with Crippen LogP contribution in [-0.2, 0) is 0 Å². The van der Waals surface area contributed by atoms with Gasteiger partial charge >= 0.3 is 0 Å². The van der Waals surface area contributed by atoms with Gasteiger partial charge in [-0.2, -0.15) is 0 Å². The third-order valence-corrected chi connectivity index (χ3v) is 6.64. The Morgan fingerprint density at radius 1 is 0.947 bits per heavy atom. The van der Waals surface area contributed by atoms with Crippen molar-refractivity contribution in [2.75, 3.05) is 18.1 Å². The quantitative estimate of drug-likeness (QED) is 0.792. The maximum absolute atomic E-state index is 5.77. The molecule has 102 valence electrons. The SMILES string of the molecule is CCOc1ccc([SH]2CCCCC2)c2ccccc12. The monoisotopic (exact) mass is 274 g/mol. The van der Waals surface area contributed by atoms with Crippen LogP contribution in [0.2, 0.25) is 0 Å². The fourth-order valence-electron chi connectivity index (χ4n) is 2.95. The highest BCUT2D eigenvalue weighted by Crippen LogP contribution is 2.46. The molecule has 1 saturated heterocycles. The topological polar surface area (TPSA) is 9.23 Å². The van der Waals surface area contributed by atoms with E-state index in [1.54, 1.807) is 4.90 Å². The molecule has 1 aliphatic heterocycles. The molecule has 0 saturated carbocycles. The van der Waals surface area contributed by atoms with Gasteiger partial charge in [-0.25, -0.2) is 10.9 Å². The zero-order valence-electron chi connectivity index (χ0n) is 11.6. The Morgan fingerprint density at radius 3 is 2.42 bits per heavy atom. The minimum atomic E-state index is 0.0561. The van der Waals surface area contributed by atoms with Crippen molar-refractivity contribution in [1.29, 1.82) is 0 Å². The van der Waals surface area contributed by atoms with Crippen molar-refractivity contribution >= 4 is 21.7 Å². The van der Waals surface area contributed by atoms with Gasteiger partial charge in [-0.05, 0) is 53.7 Å². The summed E-state index contributed by atoms with van der Waals surface area (Å²) in [7, 11) is 0.0561. The molecule has 0 spiro atoms. The van der Waals surface area contributed by atoms with Gasteiger partial charge in [0.2, 0.25) is 0 Å². The molecule has 0 amide bonds. The van der Waals surface area contributed by atoms with Gasteiger partial charge in [0.05, 0.1) is 6.61 Å². The molecule has 0 bridgehead atoms. The predicted octanol–water partition coefficient (Wildman–Crippen LogP) is 4.78. The van der Waals surface area contributed by atoms with Gasteiger partial charge in [0.25, 0.3) is 0 Å². The molecule has 2 aromatic rings. The first-order chi connectivity index (χ1) is 9.40. The predicted molar refractivity (Wildman–Crippen MR) is 86.0 cm³/mol. The Bertz CT molecular complexity index is 558. The smallest absolute Gasteiger partial charge is 0.127 e. The number of ether oxygens (including phenoxy) is 1. The van der Waals surface area contributed by atoms with Gasteiger partial charge in [-0.15, -0.1) is 0 Å². The highest BCUT2D eigenvalue weighted by molar-refractivity contribution is 8.17. The minimum absolute atomic E-state index is 0.0561. The summed E-state index contributed by atoms with van der Waals surface area (Å²) in [6.07, 6.45) is 4.24. The molecule has 2 aromatic carbocycles. The van der Waals surface area contributed by atoms with E-state index in [1.165, 1.54) is 41.5 Å². The molecule has 1 nitrogen and oxygen atoms in total. The van der Waals surface area contributed by atoms with Crippen LogP contribution in [0.3, 0.4) is 0 Å². The Labute approximate surface area is 118 Å². The average molecular weight is 274 g/mol. The summed E-state index contributed by atoms with van der Waals surface area (Å²) in [6, 6.07) is 13.2. The van der Waals surface area contributed by atoms with Crippen LogP contribution < -0.4 is 4.74 Å². The zero-order valence-corrected chi connectivity index (χ0v) is 12.5. The summed E-state index contributed by atoms with van der Waals surface area (Å²) in [5.74, 6) is 3.86. The van der Waals surface area contributed by atoms with Crippen LogP contribution in [0, 0.1) is 0 Å². The van der Waals surface area contributed by atoms with Gasteiger partial charge in [0.1, 0.15) is 5.75 Å². The fourth-order valence-corrected chi connectivity index (χ4v) is 5.68. The molecule has 1 heterocycles. The summed E-state index contributed by atoms with van der Waals surface area (Å²) in [5, 5.41) is 2.70. The van der Waals surface area contributed by atoms with E-state index in [4.69, 9.17) is 4.74 Å². The molecule has 1 fully saturated rings. The van der Waals surface area contributed by atoms with Crippen LogP contribution in [0.5, 0.6) is 5.75 Å². The maximum atomic E-state index is 5.77. The first kappa shape index (κ1) is 12.9. The van der Waals surface area contributed by atoms with Crippen molar-refractivity contribution in [2.24, 2.45) is 0 Å². The van der Waals surface area contributed by atoms with Crippen LogP contribution in [0.1, 0.15) is 26.2 Å². The summed E-state index contributed by atoms with van der Waals surface area (Å²) >= 11 is 0. The van der Waals surface area contributed by atoms with Gasteiger partial charge in [0.15, 0.2) is 0 Å². The summed E-state index contributed by atoms with van der Waals surface area (Å²) in [4.78, 5) is 1.59. The van der Waals surface area contributed by atoms with E-state index in [0.29, 0.717) is 0 Å². The number of fused-ring (bicyclic) bond motifs is 1. The standard InChI is InChI=1S/C17H22OS/c1-2-18-16-10-11-17(19-12-6-3-7-13-19)15-9-5-4-8-14(15)16/h4-5,8-11,19H,2-3,6-7,12-13H2,1H3. The molecule has 3 rings (SSSR count). The Hall–Kier alpha value is -1.15. The second-order valence-corrected chi connectivity index (χ2v) is 7.57. The lowest BCUT2D eigenvalue weighted by atomic mass is 10.1. The van der Waals surface area contributed by atoms with Crippen LogP contribution in [-0.4, -0.2) is 18.1 Å². The molecular weight excluding hydrogens is 252 g/mol. The lowest BCUT2D eigenvalue weighted by Crippen LogP contribution is -2.03. The van der Waals surface area contributed by atoms with Crippen molar-refractivity contribution in [2.45, 2.75) is 31.1 Å². The molecule has 19 heavy (non-hydrogen) atoms. The highest BCUT2D eigenvalue weighted by Gasteiger charge is 2.15. The van der Waals surface area contributed by atoms with Crippen molar-refractivity contribution in [1.82, 2.24) is 0 Å². The Balaban J connectivity index is 2.07. The molecule has 0 N–H and O–H groups in total. The molecular formula is C17H22OS. The lowest BCUT2D eigenvalue weighted by Gasteiger charge is -2.28. The normalized spacial score (nSPS) is 17.6. The van der Waals surface area contributed by atoms with Gasteiger partial charge in [-0.1, -0.05) is 30.7 Å². The van der Waals surface area contributed by atoms with Crippen molar-refractivity contribution in [3.05, 3.63) is 36.4 Å². The van der Waals surface area contributed by atoms with Crippen molar-refractivity contribution in [3.63, 3.8) is 0 Å². The molecule has 0 aliphatic carbocycles. The van der Waals surface area contributed by atoms with Crippen LogP contribution in [0.15, 0.2) is 41.3 Å². The van der Waals surface area contributed by atoms with Gasteiger partial charge in [-0.3, -0.25) is 0 Å². The first-order valence-corrected chi connectivity index (χ1v) is 9.01. The van der Waals surface area contributed by atoms with E-state index in [9.17, 15) is 0 Å². The molecule has 1 aliphatic rings. The number of benzene rings is 2. The van der Waals surface area contributed by atoms with E-state index < -0.39 is 0 Å². The number of thiol groups is 1. The number of hydrogen-bond acceptors (Lipinski definition) is 1. The van der Waals surface area contributed by atoms with E-state index in [1.807, 2.05) is 6.92 Å². The molecule has 0 radical (unpaired) electrons. The Kier molecular flexibility index (Phi) is 3.97. The second kappa shape index (κ2) is 5.87. The maximum Gasteiger partial charge on any atom is 0.127 e. The van der Waals surface area contributed by atoms with Gasteiger partial charge < -0.3 is 4.74 Å². The summed E-state index contributed by atoms with van der Waals surface area (Å²) < 4.78 is 5.77. The number of rotatable bonds is 3. The summed E-state index contributed by atoms with van der Waals surface area (Å²) in [5.41, 5.74) is 0. The van der Waals surface area contributed by atoms with Crippen LogP contribution >= 0.6 is 10.9 Å². The Morgan fingerprint density at radius 2 is 1.68 bits per heavy atom. The molecule has 0 unspecified atom stereocenters. The van der Waals surface area contributed by atoms with Crippen LogP contribution in [0.25, 0.3) is 10.8 Å². The van der Waals surface area contributed by atoms with Crippen molar-refractivity contribution in [3.8, 4) is 5.75 Å². The molecule has 0 aromatic heterocycles. The summed E-state index contributed by atoms with van der Waals surface area (Å²) in [6.45, 7) is 2.78. The van der Waals surface area contributed by atoms with Crippen molar-refractivity contribution < 1.29 is 4.74 Å². The first-order valence-electron chi connectivity index (χ1n) is 7.29. The zero-order chi connectivity index (χ0) is 13.1. The van der Waals surface area contributed by atoms with E-state index >= 15 is 0 Å². The van der Waals surface area contributed by atoms with E-state index in [0.717, 1.165) is 12.4 Å². The average Bonchev–Trinajstić information content (AvgIpc) is 2.49. The van der Waals surface area contributed by atoms with E-state index in [2.05, 4.69) is 36.4 Å². The highest BCUT2D eigenvalue weighted by atomic mass is 32.2. The van der Waals surface area contributed by atoms with E-state index in [-0.39, 0.29) is 10.9 Å². The molecule has 2 heteroatoms. The minimum Gasteiger partial charge on any atom is -0.493 e. The largest absolute Gasteiger partial charge is 0.493 e. The third kappa shape index (κ3) is 2.59. The number of hydrogen-bond donors (Lipinski definition) is 1. The lowest BCUT2D eigenvalue weighted by molar-refractivity contribution is 0.344. The molecule has 0 atom stereocenters. The fraction of sp³-hybridized carbons (Fsp3) is 0.412.